The zero-order valence-electron chi connectivity index (χ0n) is 15.7. The lowest BCUT2D eigenvalue weighted by atomic mass is 10.0. The van der Waals surface area contributed by atoms with Crippen LogP contribution in [0.2, 0.25) is 0 Å². The van der Waals surface area contributed by atoms with Gasteiger partial charge in [0.15, 0.2) is 0 Å². The van der Waals surface area contributed by atoms with Gasteiger partial charge in [0.2, 0.25) is 0 Å². The minimum absolute atomic E-state index is 0.0685. The van der Waals surface area contributed by atoms with Crippen molar-refractivity contribution in [1.82, 2.24) is 14.9 Å². The van der Waals surface area contributed by atoms with Gasteiger partial charge < -0.3 is 14.8 Å². The molecule has 0 radical (unpaired) electrons. The first-order valence-electron chi connectivity index (χ1n) is 9.35. The van der Waals surface area contributed by atoms with E-state index in [9.17, 15) is 4.79 Å². The third-order valence-corrected chi connectivity index (χ3v) is 5.26. The summed E-state index contributed by atoms with van der Waals surface area (Å²) in [5.41, 5.74) is 4.07. The third-order valence-electron chi connectivity index (χ3n) is 5.26. The number of hydrogen-bond acceptors (Lipinski definition) is 3. The van der Waals surface area contributed by atoms with E-state index in [1.807, 2.05) is 29.2 Å². The number of nitrogens with one attached hydrogen (secondary N) is 1. The number of nitrogens with zero attached hydrogens (tertiary/aromatic N) is 3. The van der Waals surface area contributed by atoms with Gasteiger partial charge in [0.1, 0.15) is 5.82 Å². The molecule has 0 spiro atoms. The van der Waals surface area contributed by atoms with Crippen molar-refractivity contribution in [1.29, 1.82) is 0 Å². The van der Waals surface area contributed by atoms with Crippen LogP contribution in [-0.2, 0) is 0 Å². The van der Waals surface area contributed by atoms with E-state index in [0.717, 1.165) is 24.5 Å². The molecule has 2 aromatic carbocycles. The van der Waals surface area contributed by atoms with Gasteiger partial charge in [0.05, 0.1) is 5.56 Å². The number of anilines is 1. The number of rotatable bonds is 3. The van der Waals surface area contributed by atoms with Gasteiger partial charge in [0.25, 0.3) is 5.91 Å². The van der Waals surface area contributed by atoms with Crippen LogP contribution in [0.25, 0.3) is 11.4 Å². The minimum atomic E-state index is 0.0685. The van der Waals surface area contributed by atoms with Gasteiger partial charge in [-0.2, -0.15) is 0 Å². The zero-order chi connectivity index (χ0) is 18.8. The van der Waals surface area contributed by atoms with E-state index in [2.05, 4.69) is 53.0 Å². The fraction of sp³-hybridized carbons (Fsp3) is 0.273. The maximum absolute atomic E-state index is 13.3. The zero-order valence-corrected chi connectivity index (χ0v) is 15.7. The number of carbonyl (C=O) groups is 1. The molecule has 4 rings (SSSR count). The summed E-state index contributed by atoms with van der Waals surface area (Å²) in [5, 5.41) is 0. The Balaban J connectivity index is 1.56. The van der Waals surface area contributed by atoms with Crippen molar-refractivity contribution in [3.63, 3.8) is 0 Å². The van der Waals surface area contributed by atoms with E-state index >= 15 is 0 Å². The van der Waals surface area contributed by atoms with Crippen LogP contribution < -0.4 is 4.90 Å². The molecule has 1 N–H and O–H groups in total. The molecule has 3 aromatic rings. The molecule has 1 atom stereocenters. The maximum Gasteiger partial charge on any atom is 0.254 e. The molecule has 0 unspecified atom stereocenters. The number of aromatic amines is 1. The Hall–Kier alpha value is -3.08. The van der Waals surface area contributed by atoms with Crippen LogP contribution in [0.1, 0.15) is 22.8 Å². The van der Waals surface area contributed by atoms with E-state index in [0.29, 0.717) is 12.1 Å². The smallest absolute Gasteiger partial charge is 0.254 e. The van der Waals surface area contributed by atoms with Crippen molar-refractivity contribution in [2.75, 3.05) is 24.5 Å². The highest BCUT2D eigenvalue weighted by atomic mass is 16.2. The Kier molecular flexibility index (Phi) is 4.67. The Bertz CT molecular complexity index is 935. The lowest BCUT2D eigenvalue weighted by Gasteiger charge is -2.41. The maximum atomic E-state index is 13.3. The lowest BCUT2D eigenvalue weighted by molar-refractivity contribution is 0.0675. The number of carbonyl (C=O) groups excluding carboxylic acids is 1. The second-order valence-corrected chi connectivity index (χ2v) is 7.06. The Morgan fingerprint density at radius 3 is 2.63 bits per heavy atom. The van der Waals surface area contributed by atoms with Gasteiger partial charge in [-0.1, -0.05) is 36.4 Å². The summed E-state index contributed by atoms with van der Waals surface area (Å²) in [7, 11) is 0. The van der Waals surface area contributed by atoms with Gasteiger partial charge in [-0.05, 0) is 31.5 Å². The second-order valence-electron chi connectivity index (χ2n) is 7.06. The topological polar surface area (TPSA) is 52.2 Å². The van der Waals surface area contributed by atoms with Gasteiger partial charge in [-0.15, -0.1) is 0 Å². The average Bonchev–Trinajstić information content (AvgIpc) is 3.22. The first-order chi connectivity index (χ1) is 13.1. The molecule has 1 fully saturated rings. The van der Waals surface area contributed by atoms with Crippen molar-refractivity contribution in [3.8, 4) is 11.4 Å². The lowest BCUT2D eigenvalue weighted by Crippen LogP contribution is -2.54. The summed E-state index contributed by atoms with van der Waals surface area (Å²) in [5.74, 6) is 0.795. The normalized spacial score (nSPS) is 17.2. The fourth-order valence-electron chi connectivity index (χ4n) is 3.84. The number of para-hydroxylation sites is 1. The van der Waals surface area contributed by atoms with Crippen LogP contribution in [0, 0.1) is 6.92 Å². The number of piperazine rings is 1. The molecule has 1 amide bonds. The standard InChI is InChI=1S/C22H24N4O/c1-16-7-3-6-10-20(16)25-13-14-26(17(2)15-25)22(27)19-9-5-4-8-18(19)21-23-11-12-24-21/h3-12,17H,13-15H2,1-2H3,(H,23,24)/t17-/m0/s1. The molecule has 0 saturated carbocycles. The first-order valence-corrected chi connectivity index (χ1v) is 9.35. The molecule has 2 heterocycles. The summed E-state index contributed by atoms with van der Waals surface area (Å²) in [6.45, 7) is 6.64. The van der Waals surface area contributed by atoms with Crippen LogP contribution >= 0.6 is 0 Å². The van der Waals surface area contributed by atoms with Crippen molar-refractivity contribution in [3.05, 3.63) is 72.1 Å². The Labute approximate surface area is 159 Å². The molecule has 0 bridgehead atoms. The van der Waals surface area contributed by atoms with Gasteiger partial charge in [-0.3, -0.25) is 4.79 Å². The van der Waals surface area contributed by atoms with Crippen LogP contribution in [-0.4, -0.2) is 46.5 Å². The molecule has 27 heavy (non-hydrogen) atoms. The van der Waals surface area contributed by atoms with Gasteiger partial charge in [-0.25, -0.2) is 4.98 Å². The number of imidazole rings is 1. The Morgan fingerprint density at radius 1 is 1.11 bits per heavy atom. The number of H-pyrrole nitrogens is 1. The molecule has 138 valence electrons. The highest BCUT2D eigenvalue weighted by molar-refractivity contribution is 6.00. The third kappa shape index (κ3) is 3.33. The van der Waals surface area contributed by atoms with Crippen LogP contribution in [0.15, 0.2) is 60.9 Å². The summed E-state index contributed by atoms with van der Waals surface area (Å²) in [6.07, 6.45) is 3.49. The predicted molar refractivity (Wildman–Crippen MR) is 108 cm³/mol. The molecule has 1 saturated heterocycles. The molecule has 0 aliphatic carbocycles. The fourth-order valence-corrected chi connectivity index (χ4v) is 3.84. The number of amides is 1. The first kappa shape index (κ1) is 17.3. The SMILES string of the molecule is Cc1ccccc1N1CCN(C(=O)c2ccccc2-c2ncc[nH]2)[C@@H](C)C1. The average molecular weight is 360 g/mol. The highest BCUT2D eigenvalue weighted by Gasteiger charge is 2.30. The van der Waals surface area contributed by atoms with Crippen LogP contribution in [0.4, 0.5) is 5.69 Å². The second kappa shape index (κ2) is 7.27. The molecule has 5 nitrogen and oxygen atoms in total. The number of aryl methyl sites for hydroxylation is 1. The molecule has 1 aromatic heterocycles. The number of hydrogen-bond donors (Lipinski definition) is 1. The van der Waals surface area contributed by atoms with Crippen molar-refractivity contribution in [2.24, 2.45) is 0 Å². The quantitative estimate of drug-likeness (QED) is 0.774. The largest absolute Gasteiger partial charge is 0.367 e. The van der Waals surface area contributed by atoms with E-state index < -0.39 is 0 Å². The predicted octanol–water partition coefficient (Wildman–Crippen LogP) is 3.74. The molecule has 1 aliphatic heterocycles. The van der Waals surface area contributed by atoms with E-state index in [1.54, 1.807) is 12.4 Å². The minimum Gasteiger partial charge on any atom is -0.367 e. The summed E-state index contributed by atoms with van der Waals surface area (Å²) < 4.78 is 0. The van der Waals surface area contributed by atoms with Gasteiger partial charge >= 0.3 is 0 Å². The van der Waals surface area contributed by atoms with Crippen molar-refractivity contribution >= 4 is 11.6 Å². The number of aromatic nitrogens is 2. The van der Waals surface area contributed by atoms with Crippen LogP contribution in [0.5, 0.6) is 0 Å². The van der Waals surface area contributed by atoms with Crippen molar-refractivity contribution < 1.29 is 4.79 Å². The molecule has 1 aliphatic rings. The Morgan fingerprint density at radius 2 is 1.89 bits per heavy atom. The van der Waals surface area contributed by atoms with E-state index in [-0.39, 0.29) is 11.9 Å². The highest BCUT2D eigenvalue weighted by Crippen LogP contribution is 2.26. The van der Waals surface area contributed by atoms with E-state index in [4.69, 9.17) is 0 Å². The summed E-state index contributed by atoms with van der Waals surface area (Å²) in [6, 6.07) is 16.2. The molecular formula is C22H24N4O. The summed E-state index contributed by atoms with van der Waals surface area (Å²) >= 11 is 0. The number of benzene rings is 2. The van der Waals surface area contributed by atoms with Crippen molar-refractivity contribution in [2.45, 2.75) is 19.9 Å². The summed E-state index contributed by atoms with van der Waals surface area (Å²) in [4.78, 5) is 25.1. The molecular weight excluding hydrogens is 336 g/mol. The van der Waals surface area contributed by atoms with Gasteiger partial charge in [0, 0.05) is 49.3 Å². The molecule has 5 heteroatoms. The monoisotopic (exact) mass is 360 g/mol. The van der Waals surface area contributed by atoms with E-state index in [1.165, 1.54) is 11.3 Å². The van der Waals surface area contributed by atoms with Crippen LogP contribution in [0.3, 0.4) is 0 Å².